The maximum atomic E-state index is 13.2. The van der Waals surface area contributed by atoms with Gasteiger partial charge in [-0.25, -0.2) is 9.37 Å². The molecule has 28 heavy (non-hydrogen) atoms. The minimum atomic E-state index is -0.415. The first-order valence-electron chi connectivity index (χ1n) is 8.68. The van der Waals surface area contributed by atoms with Gasteiger partial charge in [-0.1, -0.05) is 6.07 Å². The molecule has 2 N–H and O–H groups in total. The molecule has 3 aromatic rings. The largest absolute Gasteiger partial charge is 0.497 e. The van der Waals surface area contributed by atoms with E-state index in [2.05, 4.69) is 15.6 Å². The summed E-state index contributed by atoms with van der Waals surface area (Å²) in [5, 5.41) is 5.77. The molecule has 6 nitrogen and oxygen atoms in total. The van der Waals surface area contributed by atoms with Crippen LogP contribution in [0.15, 0.2) is 66.9 Å². The number of hydrogen-bond donors (Lipinski definition) is 2. The molecule has 0 unspecified atom stereocenters. The molecule has 0 saturated carbocycles. The van der Waals surface area contributed by atoms with E-state index < -0.39 is 11.7 Å². The van der Waals surface area contributed by atoms with Crippen molar-refractivity contribution in [3.05, 3.63) is 78.4 Å². The van der Waals surface area contributed by atoms with E-state index in [4.69, 9.17) is 9.47 Å². The molecule has 1 heterocycles. The fourth-order valence-electron chi connectivity index (χ4n) is 2.43. The minimum absolute atomic E-state index is 0.240. The van der Waals surface area contributed by atoms with Gasteiger partial charge in [0.2, 0.25) is 0 Å². The molecule has 0 spiro atoms. The molecule has 1 aromatic heterocycles. The molecule has 0 aliphatic carbocycles. The molecule has 144 valence electrons. The first-order valence-corrected chi connectivity index (χ1v) is 8.68. The Kier molecular flexibility index (Phi) is 6.41. The Morgan fingerprint density at radius 2 is 1.82 bits per heavy atom. The van der Waals surface area contributed by atoms with E-state index in [0.29, 0.717) is 18.8 Å². The van der Waals surface area contributed by atoms with Gasteiger partial charge in [-0.05, 0) is 54.6 Å². The van der Waals surface area contributed by atoms with Gasteiger partial charge in [0.25, 0.3) is 5.91 Å². The average molecular weight is 381 g/mol. The molecule has 0 aliphatic heterocycles. The highest BCUT2D eigenvalue weighted by Crippen LogP contribution is 2.17. The number of benzene rings is 2. The Morgan fingerprint density at radius 3 is 2.50 bits per heavy atom. The van der Waals surface area contributed by atoms with Crippen molar-refractivity contribution < 1.29 is 18.7 Å². The molecule has 1 amide bonds. The molecule has 0 fully saturated rings. The Bertz CT molecular complexity index is 915. The maximum absolute atomic E-state index is 13.2. The third-order valence-corrected chi connectivity index (χ3v) is 3.84. The highest BCUT2D eigenvalue weighted by Gasteiger charge is 2.08. The third-order valence-electron chi connectivity index (χ3n) is 3.84. The molecular formula is C21H20FN3O3. The van der Waals surface area contributed by atoms with Crippen LogP contribution in [-0.2, 0) is 0 Å². The van der Waals surface area contributed by atoms with Crippen LogP contribution in [0, 0.1) is 5.82 Å². The van der Waals surface area contributed by atoms with Crippen LogP contribution in [-0.4, -0.2) is 31.2 Å². The van der Waals surface area contributed by atoms with E-state index in [1.54, 1.807) is 31.5 Å². The van der Waals surface area contributed by atoms with Gasteiger partial charge < -0.3 is 20.1 Å². The van der Waals surface area contributed by atoms with E-state index in [0.717, 1.165) is 17.2 Å². The molecule has 0 atom stereocenters. The summed E-state index contributed by atoms with van der Waals surface area (Å²) >= 11 is 0. The lowest BCUT2D eigenvalue weighted by atomic mass is 10.2. The van der Waals surface area contributed by atoms with Crippen LogP contribution >= 0.6 is 0 Å². The Labute approximate surface area is 162 Å². The molecule has 0 saturated heterocycles. The second-order valence-corrected chi connectivity index (χ2v) is 5.85. The first-order chi connectivity index (χ1) is 13.6. The number of pyridine rings is 1. The van der Waals surface area contributed by atoms with Crippen molar-refractivity contribution in [3.63, 3.8) is 0 Å². The number of carbonyl (C=O) groups excluding carboxylic acids is 1. The van der Waals surface area contributed by atoms with Crippen molar-refractivity contribution in [2.45, 2.75) is 0 Å². The fraction of sp³-hybridized carbons (Fsp3) is 0.143. The van der Waals surface area contributed by atoms with Gasteiger partial charge in [0, 0.05) is 12.2 Å². The number of rotatable bonds is 8. The second-order valence-electron chi connectivity index (χ2n) is 5.85. The fourth-order valence-corrected chi connectivity index (χ4v) is 2.43. The van der Waals surface area contributed by atoms with Crippen LogP contribution in [0.25, 0.3) is 0 Å². The molecule has 2 aromatic carbocycles. The number of nitrogens with one attached hydrogen (secondary N) is 2. The zero-order chi connectivity index (χ0) is 19.8. The van der Waals surface area contributed by atoms with Crippen LogP contribution in [0.2, 0.25) is 0 Å². The minimum Gasteiger partial charge on any atom is -0.497 e. The number of nitrogens with zero attached hydrogens (tertiary/aromatic N) is 1. The van der Waals surface area contributed by atoms with Crippen LogP contribution in [0.4, 0.5) is 15.8 Å². The smallest absolute Gasteiger partial charge is 0.274 e. The van der Waals surface area contributed by atoms with E-state index >= 15 is 0 Å². The summed E-state index contributed by atoms with van der Waals surface area (Å²) < 4.78 is 23.9. The van der Waals surface area contributed by atoms with Gasteiger partial charge in [0.1, 0.15) is 29.6 Å². The van der Waals surface area contributed by atoms with E-state index in [9.17, 15) is 9.18 Å². The molecule has 3 rings (SSSR count). The zero-order valence-electron chi connectivity index (χ0n) is 15.3. The quantitative estimate of drug-likeness (QED) is 0.578. The molecule has 0 aliphatic rings. The molecule has 0 bridgehead atoms. The maximum Gasteiger partial charge on any atom is 0.274 e. The van der Waals surface area contributed by atoms with E-state index in [1.165, 1.54) is 18.2 Å². The van der Waals surface area contributed by atoms with Crippen molar-refractivity contribution in [2.75, 3.05) is 30.9 Å². The summed E-state index contributed by atoms with van der Waals surface area (Å²) in [6.45, 7) is 1.04. The predicted octanol–water partition coefficient (Wildman–Crippen LogP) is 3.97. The normalized spacial score (nSPS) is 10.2. The Hall–Kier alpha value is -3.61. The molecule has 7 heteroatoms. The third kappa shape index (κ3) is 5.44. The Morgan fingerprint density at radius 1 is 1.04 bits per heavy atom. The molecule has 0 radical (unpaired) electrons. The highest BCUT2D eigenvalue weighted by molar-refractivity contribution is 6.02. The van der Waals surface area contributed by atoms with Crippen LogP contribution in [0.1, 0.15) is 10.5 Å². The number of methoxy groups -OCH3 is 1. The number of anilines is 2. The standard InChI is InChI=1S/C21H20FN3O3/c1-27-18-6-8-19(9-7-18)28-12-11-23-17-5-10-20(24-14-17)21(26)25-16-4-2-3-15(22)13-16/h2-10,13-14,23H,11-12H2,1H3,(H,25,26). The SMILES string of the molecule is COc1ccc(OCCNc2ccc(C(=O)Nc3cccc(F)c3)nc2)cc1. The number of halogens is 1. The number of carbonyl (C=O) groups is 1. The summed E-state index contributed by atoms with van der Waals surface area (Å²) in [5.41, 5.74) is 1.38. The summed E-state index contributed by atoms with van der Waals surface area (Å²) in [4.78, 5) is 16.3. The van der Waals surface area contributed by atoms with Gasteiger partial charge >= 0.3 is 0 Å². The van der Waals surface area contributed by atoms with Gasteiger partial charge in [-0.3, -0.25) is 4.79 Å². The Balaban J connectivity index is 1.45. The van der Waals surface area contributed by atoms with Crippen LogP contribution in [0.3, 0.4) is 0 Å². The van der Waals surface area contributed by atoms with Gasteiger partial charge in [0.15, 0.2) is 0 Å². The van der Waals surface area contributed by atoms with E-state index in [-0.39, 0.29) is 5.69 Å². The highest BCUT2D eigenvalue weighted by atomic mass is 19.1. The number of hydrogen-bond acceptors (Lipinski definition) is 5. The van der Waals surface area contributed by atoms with Crippen LogP contribution in [0.5, 0.6) is 11.5 Å². The van der Waals surface area contributed by atoms with Crippen LogP contribution < -0.4 is 20.1 Å². The van der Waals surface area contributed by atoms with Gasteiger partial charge in [-0.15, -0.1) is 0 Å². The average Bonchev–Trinajstić information content (AvgIpc) is 2.72. The van der Waals surface area contributed by atoms with Crippen molar-refractivity contribution in [3.8, 4) is 11.5 Å². The first kappa shape index (κ1) is 19.2. The van der Waals surface area contributed by atoms with Crippen molar-refractivity contribution in [1.29, 1.82) is 0 Å². The van der Waals surface area contributed by atoms with Crippen molar-refractivity contribution in [2.24, 2.45) is 0 Å². The number of amides is 1. The van der Waals surface area contributed by atoms with Crippen molar-refractivity contribution >= 4 is 17.3 Å². The van der Waals surface area contributed by atoms with Gasteiger partial charge in [-0.2, -0.15) is 0 Å². The summed E-state index contributed by atoms with van der Waals surface area (Å²) in [6, 6.07) is 16.4. The monoisotopic (exact) mass is 381 g/mol. The lowest BCUT2D eigenvalue weighted by Gasteiger charge is -2.09. The zero-order valence-corrected chi connectivity index (χ0v) is 15.3. The van der Waals surface area contributed by atoms with E-state index in [1.807, 2.05) is 24.3 Å². The topological polar surface area (TPSA) is 72.5 Å². The molecular weight excluding hydrogens is 361 g/mol. The summed E-state index contributed by atoms with van der Waals surface area (Å²) in [6.07, 6.45) is 1.56. The summed E-state index contributed by atoms with van der Waals surface area (Å²) in [7, 11) is 1.62. The van der Waals surface area contributed by atoms with Gasteiger partial charge in [0.05, 0.1) is 19.0 Å². The summed E-state index contributed by atoms with van der Waals surface area (Å²) in [5.74, 6) is 0.713. The lowest BCUT2D eigenvalue weighted by molar-refractivity contribution is 0.102. The lowest BCUT2D eigenvalue weighted by Crippen LogP contribution is -2.15. The predicted molar refractivity (Wildman–Crippen MR) is 106 cm³/mol. The van der Waals surface area contributed by atoms with Crippen molar-refractivity contribution in [1.82, 2.24) is 4.98 Å². The number of ether oxygens (including phenoxy) is 2. The number of aromatic nitrogens is 1. The second kappa shape index (κ2) is 9.36.